The molecule has 0 unspecified atom stereocenters. The number of halogens is 1. The van der Waals surface area contributed by atoms with Crippen LogP contribution < -0.4 is 15.7 Å². The molecule has 4 rings (SSSR count). The van der Waals surface area contributed by atoms with Gasteiger partial charge in [0.15, 0.2) is 5.82 Å². The molecule has 0 radical (unpaired) electrons. The fraction of sp³-hybridized carbons (Fsp3) is 0.0909. The van der Waals surface area contributed by atoms with Gasteiger partial charge in [-0.1, -0.05) is 24.3 Å². The van der Waals surface area contributed by atoms with Crippen LogP contribution in [0.2, 0.25) is 0 Å². The quantitative estimate of drug-likeness (QED) is 0.574. The highest BCUT2D eigenvalue weighted by Gasteiger charge is 2.13. The number of rotatable bonds is 5. The Hall–Kier alpha value is -3.67. The lowest BCUT2D eigenvalue weighted by Crippen LogP contribution is -2.31. The predicted molar refractivity (Wildman–Crippen MR) is 107 cm³/mol. The van der Waals surface area contributed by atoms with Gasteiger partial charge in [0.2, 0.25) is 0 Å². The summed E-state index contributed by atoms with van der Waals surface area (Å²) >= 11 is 0. The molecule has 0 spiro atoms. The molecular formula is C22H18FN3O2. The van der Waals surface area contributed by atoms with E-state index in [0.29, 0.717) is 23.3 Å². The summed E-state index contributed by atoms with van der Waals surface area (Å²) in [7, 11) is 1.60. The number of nitrogens with one attached hydrogen (secondary N) is 1. The minimum absolute atomic E-state index is 0.196. The summed E-state index contributed by atoms with van der Waals surface area (Å²) in [4.78, 5) is 17.8. The zero-order valence-corrected chi connectivity index (χ0v) is 15.2. The summed E-state index contributed by atoms with van der Waals surface area (Å²) < 4.78 is 19.8. The Morgan fingerprint density at radius 1 is 1.00 bits per heavy atom. The molecule has 0 aliphatic heterocycles. The van der Waals surface area contributed by atoms with Crippen molar-refractivity contribution >= 4 is 10.9 Å². The lowest BCUT2D eigenvalue weighted by molar-refractivity contribution is 0.415. The van der Waals surface area contributed by atoms with Gasteiger partial charge in [0.25, 0.3) is 5.56 Å². The highest BCUT2D eigenvalue weighted by atomic mass is 19.1. The Labute approximate surface area is 161 Å². The van der Waals surface area contributed by atoms with Crippen LogP contribution in [0.4, 0.5) is 4.39 Å². The standard InChI is InChI=1S/C22H18FN3O2/c1-28-18-12-8-16(9-13-18)21-25-20-5-3-2-4-19(20)22(27)26(21)24-14-15-6-10-17(23)11-7-15/h2-13,24H,14H2,1H3. The molecule has 0 aliphatic rings. The fourth-order valence-electron chi connectivity index (χ4n) is 2.99. The number of benzene rings is 3. The summed E-state index contributed by atoms with van der Waals surface area (Å²) in [5.41, 5.74) is 5.17. The molecule has 1 N–H and O–H groups in total. The van der Waals surface area contributed by atoms with Crippen LogP contribution >= 0.6 is 0 Å². The average Bonchev–Trinajstić information content (AvgIpc) is 2.74. The summed E-state index contributed by atoms with van der Waals surface area (Å²) in [6, 6.07) is 20.7. The minimum Gasteiger partial charge on any atom is -0.497 e. The van der Waals surface area contributed by atoms with Crippen molar-refractivity contribution in [2.45, 2.75) is 6.54 Å². The van der Waals surface area contributed by atoms with E-state index in [1.165, 1.54) is 16.8 Å². The zero-order valence-electron chi connectivity index (χ0n) is 15.2. The van der Waals surface area contributed by atoms with Crippen molar-refractivity contribution in [2.75, 3.05) is 12.5 Å². The molecule has 0 saturated carbocycles. The lowest BCUT2D eigenvalue weighted by Gasteiger charge is -2.16. The molecule has 6 heteroatoms. The van der Waals surface area contributed by atoms with Crippen LogP contribution in [0, 0.1) is 5.82 Å². The van der Waals surface area contributed by atoms with Gasteiger partial charge in [-0.3, -0.25) is 4.79 Å². The first kappa shape index (κ1) is 17.7. The number of hydrogen-bond donors (Lipinski definition) is 1. The van der Waals surface area contributed by atoms with E-state index in [4.69, 9.17) is 4.74 Å². The molecule has 0 fully saturated rings. The van der Waals surface area contributed by atoms with Crippen molar-refractivity contribution in [2.24, 2.45) is 0 Å². The summed E-state index contributed by atoms with van der Waals surface area (Å²) in [6.45, 7) is 0.351. The number of aromatic nitrogens is 2. The van der Waals surface area contributed by atoms with Crippen LogP contribution in [-0.2, 0) is 6.54 Å². The van der Waals surface area contributed by atoms with Gasteiger partial charge in [-0.25, -0.2) is 14.1 Å². The molecule has 0 bridgehead atoms. The highest BCUT2D eigenvalue weighted by Crippen LogP contribution is 2.21. The number of para-hydroxylation sites is 1. The number of ether oxygens (including phenoxy) is 1. The maximum atomic E-state index is 13.1. The Morgan fingerprint density at radius 3 is 2.43 bits per heavy atom. The second kappa shape index (κ2) is 7.52. The first-order valence-electron chi connectivity index (χ1n) is 8.80. The third-order valence-electron chi connectivity index (χ3n) is 4.48. The molecule has 0 saturated heterocycles. The largest absolute Gasteiger partial charge is 0.497 e. The molecule has 1 heterocycles. The van der Waals surface area contributed by atoms with Crippen LogP contribution in [0.1, 0.15) is 5.56 Å². The van der Waals surface area contributed by atoms with Crippen molar-refractivity contribution in [1.82, 2.24) is 9.66 Å². The van der Waals surface area contributed by atoms with Gasteiger partial charge >= 0.3 is 0 Å². The maximum Gasteiger partial charge on any atom is 0.280 e. The molecule has 140 valence electrons. The van der Waals surface area contributed by atoms with Crippen LogP contribution in [-0.4, -0.2) is 16.8 Å². The SMILES string of the molecule is COc1ccc(-c2nc3ccccc3c(=O)n2NCc2ccc(F)cc2)cc1. The number of fused-ring (bicyclic) bond motifs is 1. The van der Waals surface area contributed by atoms with Crippen molar-refractivity contribution in [3.05, 3.63) is 94.5 Å². The number of hydrogen-bond acceptors (Lipinski definition) is 4. The van der Waals surface area contributed by atoms with Crippen LogP contribution in [0.15, 0.2) is 77.6 Å². The first-order chi connectivity index (χ1) is 13.7. The molecule has 3 aromatic carbocycles. The first-order valence-corrected chi connectivity index (χ1v) is 8.80. The predicted octanol–water partition coefficient (Wildman–Crippen LogP) is 3.95. The Balaban J connectivity index is 1.80. The van der Waals surface area contributed by atoms with Crippen molar-refractivity contribution < 1.29 is 9.13 Å². The second-order valence-electron chi connectivity index (χ2n) is 6.28. The molecule has 5 nitrogen and oxygen atoms in total. The van der Waals surface area contributed by atoms with E-state index in [1.807, 2.05) is 42.5 Å². The topological polar surface area (TPSA) is 56.1 Å². The van der Waals surface area contributed by atoms with Crippen molar-refractivity contribution in [3.8, 4) is 17.1 Å². The third kappa shape index (κ3) is 3.44. The molecule has 0 amide bonds. The van der Waals surface area contributed by atoms with Gasteiger partial charge < -0.3 is 10.2 Å². The molecule has 4 aromatic rings. The normalized spacial score (nSPS) is 10.8. The van der Waals surface area contributed by atoms with Gasteiger partial charge in [-0.05, 0) is 54.1 Å². The van der Waals surface area contributed by atoms with Gasteiger partial charge in [0.05, 0.1) is 24.6 Å². The van der Waals surface area contributed by atoms with E-state index >= 15 is 0 Å². The average molecular weight is 375 g/mol. The van der Waals surface area contributed by atoms with Crippen molar-refractivity contribution in [1.29, 1.82) is 0 Å². The number of methoxy groups -OCH3 is 1. The van der Waals surface area contributed by atoms with Gasteiger partial charge in [0.1, 0.15) is 11.6 Å². The van der Waals surface area contributed by atoms with Gasteiger partial charge in [-0.2, -0.15) is 0 Å². The summed E-state index contributed by atoms with van der Waals surface area (Å²) in [5, 5.41) is 0.520. The molecular weight excluding hydrogens is 357 g/mol. The Morgan fingerprint density at radius 2 is 1.71 bits per heavy atom. The molecule has 0 atom stereocenters. The van der Waals surface area contributed by atoms with E-state index in [2.05, 4.69) is 10.4 Å². The molecule has 1 aromatic heterocycles. The molecule has 28 heavy (non-hydrogen) atoms. The minimum atomic E-state index is -0.299. The van der Waals surface area contributed by atoms with E-state index < -0.39 is 0 Å². The van der Waals surface area contributed by atoms with E-state index in [1.54, 1.807) is 25.3 Å². The fourth-order valence-corrected chi connectivity index (χ4v) is 2.99. The van der Waals surface area contributed by atoms with Crippen LogP contribution in [0.5, 0.6) is 5.75 Å². The zero-order chi connectivity index (χ0) is 19.5. The summed E-state index contributed by atoms with van der Waals surface area (Å²) in [6.07, 6.45) is 0. The third-order valence-corrected chi connectivity index (χ3v) is 4.48. The Bertz CT molecular complexity index is 1170. The lowest BCUT2D eigenvalue weighted by atomic mass is 10.2. The van der Waals surface area contributed by atoms with E-state index in [9.17, 15) is 9.18 Å². The van der Waals surface area contributed by atoms with Crippen LogP contribution in [0.25, 0.3) is 22.3 Å². The maximum absolute atomic E-state index is 13.1. The Kier molecular flexibility index (Phi) is 4.76. The smallest absolute Gasteiger partial charge is 0.280 e. The monoisotopic (exact) mass is 375 g/mol. The van der Waals surface area contributed by atoms with Crippen LogP contribution in [0.3, 0.4) is 0 Å². The van der Waals surface area contributed by atoms with E-state index in [0.717, 1.165) is 16.9 Å². The second-order valence-corrected chi connectivity index (χ2v) is 6.28. The molecule has 0 aliphatic carbocycles. The van der Waals surface area contributed by atoms with Gasteiger partial charge in [-0.15, -0.1) is 0 Å². The van der Waals surface area contributed by atoms with Gasteiger partial charge in [0, 0.05) is 5.56 Å². The van der Waals surface area contributed by atoms with Crippen molar-refractivity contribution in [3.63, 3.8) is 0 Å². The number of nitrogens with zero attached hydrogens (tertiary/aromatic N) is 2. The summed E-state index contributed by atoms with van der Waals surface area (Å²) in [5.74, 6) is 0.915. The highest BCUT2D eigenvalue weighted by molar-refractivity contribution is 5.79. The van der Waals surface area contributed by atoms with E-state index in [-0.39, 0.29) is 11.4 Å².